The third-order valence-electron chi connectivity index (χ3n) is 2.99. The molecule has 112 valence electrons. The van der Waals surface area contributed by atoms with E-state index in [0.29, 0.717) is 17.3 Å². The molecule has 0 bridgehead atoms. The number of fused-ring (bicyclic) bond motifs is 1. The number of carbonyl (C=O) groups excluding carboxylic acids is 1. The molecular weight excluding hydrogens is 306 g/mol. The molecule has 7 heteroatoms. The number of carbonyl (C=O) groups is 1. The highest BCUT2D eigenvalue weighted by atomic mass is 35.5. The van der Waals surface area contributed by atoms with E-state index in [1.54, 1.807) is 13.1 Å². The molecular formula is C15H12ClN3O3. The summed E-state index contributed by atoms with van der Waals surface area (Å²) in [5.74, 6) is -0.338. The molecule has 0 N–H and O–H groups in total. The van der Waals surface area contributed by atoms with E-state index in [-0.39, 0.29) is 12.5 Å². The Kier molecular flexibility index (Phi) is 4.02. The van der Waals surface area contributed by atoms with E-state index in [0.717, 1.165) is 16.5 Å². The number of benzene rings is 1. The van der Waals surface area contributed by atoms with Gasteiger partial charge in [-0.3, -0.25) is 4.98 Å². The minimum Gasteiger partial charge on any atom is -0.459 e. The fourth-order valence-electron chi connectivity index (χ4n) is 2.05. The molecule has 0 atom stereocenters. The first-order chi connectivity index (χ1) is 10.7. The van der Waals surface area contributed by atoms with E-state index in [1.807, 2.05) is 24.3 Å². The molecule has 0 aliphatic heterocycles. The Bertz CT molecular complexity index is 832. The summed E-state index contributed by atoms with van der Waals surface area (Å²) >= 11 is 5.95. The zero-order valence-corrected chi connectivity index (χ0v) is 12.5. The molecule has 2 heterocycles. The minimum atomic E-state index is -0.615. The summed E-state index contributed by atoms with van der Waals surface area (Å²) < 4.78 is 9.69. The quantitative estimate of drug-likeness (QED) is 0.688. The largest absolute Gasteiger partial charge is 0.459 e. The number of ether oxygens (including phenoxy) is 1. The molecule has 2 aromatic heterocycles. The molecule has 3 aromatic rings. The molecule has 0 saturated carbocycles. The minimum absolute atomic E-state index is 0.137. The average molecular weight is 318 g/mol. The summed E-state index contributed by atoms with van der Waals surface area (Å²) in [6, 6.07) is 7.61. The molecule has 0 saturated heterocycles. The molecule has 22 heavy (non-hydrogen) atoms. The van der Waals surface area contributed by atoms with Crippen molar-refractivity contribution in [3.63, 3.8) is 0 Å². The highest BCUT2D eigenvalue weighted by Gasteiger charge is 2.16. The second-order valence-corrected chi connectivity index (χ2v) is 5.03. The predicted octanol–water partition coefficient (Wildman–Crippen LogP) is 3.04. The van der Waals surface area contributed by atoms with Gasteiger partial charge in [-0.15, -0.1) is 0 Å². The van der Waals surface area contributed by atoms with Crippen molar-refractivity contribution in [3.05, 3.63) is 52.8 Å². The Morgan fingerprint density at radius 2 is 2.23 bits per heavy atom. The van der Waals surface area contributed by atoms with Gasteiger partial charge in [-0.2, -0.15) is 4.98 Å². The molecule has 0 unspecified atom stereocenters. The lowest BCUT2D eigenvalue weighted by atomic mass is 10.1. The van der Waals surface area contributed by atoms with Gasteiger partial charge in [-0.1, -0.05) is 22.8 Å². The Morgan fingerprint density at radius 3 is 3.05 bits per heavy atom. The van der Waals surface area contributed by atoms with Gasteiger partial charge in [-0.25, -0.2) is 4.79 Å². The first-order valence-electron chi connectivity index (χ1n) is 6.69. The molecule has 0 aliphatic carbocycles. The number of rotatable bonds is 4. The fraction of sp³-hybridized carbons (Fsp3) is 0.200. The molecule has 0 fully saturated rings. The van der Waals surface area contributed by atoms with Crippen LogP contribution in [0.2, 0.25) is 5.02 Å². The van der Waals surface area contributed by atoms with Gasteiger partial charge in [-0.05, 0) is 30.7 Å². The summed E-state index contributed by atoms with van der Waals surface area (Å²) in [6.07, 6.45) is 2.04. The number of halogens is 1. The van der Waals surface area contributed by atoms with E-state index in [2.05, 4.69) is 15.1 Å². The van der Waals surface area contributed by atoms with Gasteiger partial charge < -0.3 is 9.26 Å². The van der Waals surface area contributed by atoms with Crippen molar-refractivity contribution < 1.29 is 14.1 Å². The van der Waals surface area contributed by atoms with Crippen molar-refractivity contribution >= 4 is 28.5 Å². The van der Waals surface area contributed by atoms with E-state index in [1.165, 1.54) is 0 Å². The smallest absolute Gasteiger partial charge is 0.397 e. The van der Waals surface area contributed by atoms with E-state index in [4.69, 9.17) is 20.9 Å². The Hall–Kier alpha value is -2.47. The van der Waals surface area contributed by atoms with Gasteiger partial charge in [0.05, 0.1) is 17.1 Å². The number of hydrogen-bond donors (Lipinski definition) is 0. The highest BCUT2D eigenvalue weighted by molar-refractivity contribution is 6.31. The van der Waals surface area contributed by atoms with Crippen LogP contribution in [-0.2, 0) is 11.2 Å². The maximum atomic E-state index is 11.5. The first kappa shape index (κ1) is 14.5. The molecule has 3 rings (SSSR count). The van der Waals surface area contributed by atoms with Gasteiger partial charge in [0.1, 0.15) is 0 Å². The van der Waals surface area contributed by atoms with Crippen LogP contribution in [0.25, 0.3) is 10.9 Å². The molecule has 0 aliphatic rings. The van der Waals surface area contributed by atoms with Gasteiger partial charge in [0.2, 0.25) is 0 Å². The van der Waals surface area contributed by atoms with Crippen LogP contribution in [0.4, 0.5) is 0 Å². The Balaban J connectivity index is 1.82. The summed E-state index contributed by atoms with van der Waals surface area (Å²) in [5, 5.41) is 5.29. The normalized spacial score (nSPS) is 10.8. The summed E-state index contributed by atoms with van der Waals surface area (Å²) in [5.41, 5.74) is 1.82. The summed E-state index contributed by atoms with van der Waals surface area (Å²) in [7, 11) is 0. The number of esters is 1. The maximum absolute atomic E-state index is 11.5. The molecule has 0 radical (unpaired) electrons. The summed E-state index contributed by atoms with van der Waals surface area (Å²) in [6.45, 7) is 1.97. The lowest BCUT2D eigenvalue weighted by molar-refractivity contribution is 0.0470. The lowest BCUT2D eigenvalue weighted by Crippen LogP contribution is -2.05. The van der Waals surface area contributed by atoms with Crippen molar-refractivity contribution in [2.45, 2.75) is 13.3 Å². The van der Waals surface area contributed by atoms with Crippen molar-refractivity contribution in [1.29, 1.82) is 0 Å². The number of pyridine rings is 1. The number of hydrogen-bond acceptors (Lipinski definition) is 6. The third-order valence-corrected chi connectivity index (χ3v) is 3.20. The van der Waals surface area contributed by atoms with Crippen LogP contribution in [0.1, 0.15) is 29.0 Å². The van der Waals surface area contributed by atoms with E-state index < -0.39 is 5.97 Å². The van der Waals surface area contributed by atoms with Crippen LogP contribution in [0.5, 0.6) is 0 Å². The van der Waals surface area contributed by atoms with Gasteiger partial charge >= 0.3 is 11.9 Å². The zero-order chi connectivity index (χ0) is 15.5. The number of aromatic nitrogens is 3. The van der Waals surface area contributed by atoms with E-state index in [9.17, 15) is 4.79 Å². The van der Waals surface area contributed by atoms with Gasteiger partial charge in [0, 0.05) is 18.0 Å². The molecule has 0 spiro atoms. The Labute approximate surface area is 131 Å². The fourth-order valence-corrected chi connectivity index (χ4v) is 2.21. The van der Waals surface area contributed by atoms with E-state index >= 15 is 0 Å². The van der Waals surface area contributed by atoms with Gasteiger partial charge in [0.25, 0.3) is 0 Å². The second kappa shape index (κ2) is 6.11. The predicted molar refractivity (Wildman–Crippen MR) is 79.8 cm³/mol. The van der Waals surface area contributed by atoms with Crippen LogP contribution in [0.15, 0.2) is 35.0 Å². The maximum Gasteiger partial charge on any atom is 0.397 e. The molecule has 1 aromatic carbocycles. The van der Waals surface area contributed by atoms with Gasteiger partial charge in [0.15, 0.2) is 5.82 Å². The van der Waals surface area contributed by atoms with Crippen LogP contribution in [-0.4, -0.2) is 27.7 Å². The monoisotopic (exact) mass is 317 g/mol. The van der Waals surface area contributed by atoms with Crippen LogP contribution < -0.4 is 0 Å². The highest BCUT2D eigenvalue weighted by Crippen LogP contribution is 2.19. The SMILES string of the molecule is CCOC(=O)c1nc(Cc2ccc3ncc(Cl)cc3c2)no1. The average Bonchev–Trinajstić information content (AvgIpc) is 2.96. The Morgan fingerprint density at radius 1 is 1.36 bits per heavy atom. The second-order valence-electron chi connectivity index (χ2n) is 4.59. The molecule has 0 amide bonds. The van der Waals surface area contributed by atoms with Crippen molar-refractivity contribution in [1.82, 2.24) is 15.1 Å². The topological polar surface area (TPSA) is 78.1 Å². The van der Waals surface area contributed by atoms with Crippen molar-refractivity contribution in [3.8, 4) is 0 Å². The third kappa shape index (κ3) is 3.07. The standard InChI is InChI=1S/C15H12ClN3O3/c1-2-21-15(20)14-18-13(19-22-14)6-9-3-4-12-10(5-9)7-11(16)8-17-12/h3-5,7-8H,2,6H2,1H3. The first-order valence-corrected chi connectivity index (χ1v) is 7.07. The van der Waals surface area contributed by atoms with Crippen LogP contribution >= 0.6 is 11.6 Å². The number of nitrogens with zero attached hydrogens (tertiary/aromatic N) is 3. The summed E-state index contributed by atoms with van der Waals surface area (Å²) in [4.78, 5) is 19.7. The van der Waals surface area contributed by atoms with Crippen molar-refractivity contribution in [2.24, 2.45) is 0 Å². The van der Waals surface area contributed by atoms with Crippen LogP contribution in [0, 0.1) is 0 Å². The molecule has 6 nitrogen and oxygen atoms in total. The van der Waals surface area contributed by atoms with Crippen molar-refractivity contribution in [2.75, 3.05) is 6.61 Å². The zero-order valence-electron chi connectivity index (χ0n) is 11.7. The van der Waals surface area contributed by atoms with Crippen LogP contribution in [0.3, 0.4) is 0 Å². The lowest BCUT2D eigenvalue weighted by Gasteiger charge is -2.01.